The number of hydrogen-bond acceptors (Lipinski definition) is 4. The average molecular weight is 267 g/mol. The maximum absolute atomic E-state index is 6.38. The summed E-state index contributed by atoms with van der Waals surface area (Å²) in [7, 11) is 1.88. The molecule has 0 aliphatic carbocycles. The number of pyridine rings is 1. The lowest BCUT2D eigenvalue weighted by Crippen LogP contribution is -2.17. The van der Waals surface area contributed by atoms with Gasteiger partial charge in [-0.2, -0.15) is 5.10 Å². The van der Waals surface area contributed by atoms with Gasteiger partial charge in [-0.3, -0.25) is 9.67 Å². The van der Waals surface area contributed by atoms with Gasteiger partial charge in [-0.25, -0.2) is 4.98 Å². The van der Waals surface area contributed by atoms with Crippen molar-refractivity contribution in [1.82, 2.24) is 19.7 Å². The molecule has 0 saturated carbocycles. The largest absolute Gasteiger partial charge is 0.324 e. The fraction of sp³-hybridized carbons (Fsp3) is 0.267. The van der Waals surface area contributed by atoms with Gasteiger partial charge in [-0.15, -0.1) is 0 Å². The van der Waals surface area contributed by atoms with E-state index in [2.05, 4.69) is 27.2 Å². The van der Waals surface area contributed by atoms with Crippen molar-refractivity contribution in [2.24, 2.45) is 12.8 Å². The summed E-state index contributed by atoms with van der Waals surface area (Å²) in [5.41, 5.74) is 9.45. The summed E-state index contributed by atoms with van der Waals surface area (Å²) in [5.74, 6) is 0.885. The van der Waals surface area contributed by atoms with E-state index < -0.39 is 0 Å². The van der Waals surface area contributed by atoms with E-state index in [-0.39, 0.29) is 6.04 Å². The van der Waals surface area contributed by atoms with Crippen LogP contribution in [-0.4, -0.2) is 19.7 Å². The van der Waals surface area contributed by atoms with Crippen LogP contribution in [0.4, 0.5) is 0 Å². The maximum atomic E-state index is 6.38. The Morgan fingerprint density at radius 2 is 2.10 bits per heavy atom. The van der Waals surface area contributed by atoms with Crippen molar-refractivity contribution in [2.45, 2.75) is 19.4 Å². The zero-order valence-electron chi connectivity index (χ0n) is 11.6. The Kier molecular flexibility index (Phi) is 3.20. The molecule has 1 unspecified atom stereocenters. The van der Waals surface area contributed by atoms with Crippen molar-refractivity contribution < 1.29 is 0 Å². The van der Waals surface area contributed by atoms with E-state index in [0.717, 1.165) is 28.0 Å². The first-order chi connectivity index (χ1) is 9.65. The number of fused-ring (bicyclic) bond motifs is 1. The van der Waals surface area contributed by atoms with E-state index in [9.17, 15) is 0 Å². The average Bonchev–Trinajstić information content (AvgIpc) is 2.83. The highest BCUT2D eigenvalue weighted by Crippen LogP contribution is 2.24. The van der Waals surface area contributed by atoms with E-state index in [4.69, 9.17) is 5.73 Å². The Balaban J connectivity index is 2.03. The van der Waals surface area contributed by atoms with Gasteiger partial charge in [0.15, 0.2) is 0 Å². The van der Waals surface area contributed by atoms with Gasteiger partial charge < -0.3 is 5.73 Å². The highest BCUT2D eigenvalue weighted by atomic mass is 15.3. The number of rotatable bonds is 3. The molecule has 2 aromatic heterocycles. The van der Waals surface area contributed by atoms with Crippen LogP contribution in [0.25, 0.3) is 10.9 Å². The summed E-state index contributed by atoms with van der Waals surface area (Å²) in [6.07, 6.45) is 2.21. The second kappa shape index (κ2) is 5.02. The van der Waals surface area contributed by atoms with Crippen molar-refractivity contribution in [3.05, 3.63) is 53.7 Å². The van der Waals surface area contributed by atoms with Gasteiger partial charge in [0, 0.05) is 30.6 Å². The third-order valence-corrected chi connectivity index (χ3v) is 3.48. The first kappa shape index (κ1) is 12.7. The summed E-state index contributed by atoms with van der Waals surface area (Å²) < 4.78 is 1.76. The van der Waals surface area contributed by atoms with Crippen LogP contribution in [0.1, 0.15) is 23.1 Å². The van der Waals surface area contributed by atoms with Crippen molar-refractivity contribution in [3.8, 4) is 0 Å². The quantitative estimate of drug-likeness (QED) is 0.787. The van der Waals surface area contributed by atoms with Crippen molar-refractivity contribution in [3.63, 3.8) is 0 Å². The van der Waals surface area contributed by atoms with Gasteiger partial charge in [0.2, 0.25) is 0 Å². The normalized spacial score (nSPS) is 12.8. The number of nitrogens with two attached hydrogens (primary N) is 1. The number of aryl methyl sites for hydroxylation is 2. The summed E-state index contributed by atoms with van der Waals surface area (Å²) in [4.78, 5) is 8.78. The summed E-state index contributed by atoms with van der Waals surface area (Å²) in [5, 5.41) is 5.19. The van der Waals surface area contributed by atoms with Crippen LogP contribution in [0.5, 0.6) is 0 Å². The fourth-order valence-corrected chi connectivity index (χ4v) is 2.46. The van der Waals surface area contributed by atoms with Gasteiger partial charge in [-0.05, 0) is 24.6 Å². The number of hydrogen-bond donors (Lipinski definition) is 1. The lowest BCUT2D eigenvalue weighted by atomic mass is 9.99. The smallest absolute Gasteiger partial charge is 0.138 e. The minimum Gasteiger partial charge on any atom is -0.324 e. The summed E-state index contributed by atoms with van der Waals surface area (Å²) in [6.45, 7) is 1.99. The molecule has 1 aromatic carbocycles. The molecule has 0 saturated heterocycles. The molecule has 0 radical (unpaired) electrons. The zero-order chi connectivity index (χ0) is 14.1. The van der Waals surface area contributed by atoms with Crippen LogP contribution in [0.2, 0.25) is 0 Å². The Labute approximate surface area is 117 Å². The molecule has 1 atom stereocenters. The van der Waals surface area contributed by atoms with Crippen molar-refractivity contribution in [1.29, 1.82) is 0 Å². The lowest BCUT2D eigenvalue weighted by Gasteiger charge is -2.15. The molecule has 0 fully saturated rings. The van der Waals surface area contributed by atoms with E-state index in [1.54, 1.807) is 11.0 Å². The van der Waals surface area contributed by atoms with Crippen molar-refractivity contribution in [2.75, 3.05) is 0 Å². The monoisotopic (exact) mass is 267 g/mol. The molecule has 2 N–H and O–H groups in total. The van der Waals surface area contributed by atoms with Gasteiger partial charge in [0.05, 0.1) is 5.52 Å². The molecule has 5 heteroatoms. The Morgan fingerprint density at radius 3 is 2.85 bits per heavy atom. The van der Waals surface area contributed by atoms with Crippen LogP contribution >= 0.6 is 0 Å². The minimum absolute atomic E-state index is 0.121. The second-order valence-electron chi connectivity index (χ2n) is 4.98. The molecule has 0 spiro atoms. The topological polar surface area (TPSA) is 69.6 Å². The van der Waals surface area contributed by atoms with Crippen LogP contribution in [-0.2, 0) is 13.5 Å². The van der Waals surface area contributed by atoms with Gasteiger partial charge in [-0.1, -0.05) is 18.2 Å². The third kappa shape index (κ3) is 2.28. The van der Waals surface area contributed by atoms with Gasteiger partial charge in [0.1, 0.15) is 12.2 Å². The molecule has 0 amide bonds. The van der Waals surface area contributed by atoms with Gasteiger partial charge in [0.25, 0.3) is 0 Å². The Morgan fingerprint density at radius 1 is 1.30 bits per heavy atom. The highest BCUT2D eigenvalue weighted by Gasteiger charge is 2.14. The number of aromatic nitrogens is 4. The second-order valence-corrected chi connectivity index (χ2v) is 4.98. The number of para-hydroxylation sites is 1. The predicted molar refractivity (Wildman–Crippen MR) is 78.1 cm³/mol. The summed E-state index contributed by atoms with van der Waals surface area (Å²) >= 11 is 0. The minimum atomic E-state index is -0.121. The van der Waals surface area contributed by atoms with Crippen LogP contribution in [0, 0.1) is 6.92 Å². The van der Waals surface area contributed by atoms with Crippen LogP contribution in [0.3, 0.4) is 0 Å². The molecule has 3 aromatic rings. The van der Waals surface area contributed by atoms with Crippen molar-refractivity contribution >= 4 is 10.9 Å². The van der Waals surface area contributed by atoms with E-state index in [0.29, 0.717) is 6.42 Å². The first-order valence-electron chi connectivity index (χ1n) is 6.60. The van der Waals surface area contributed by atoms with Crippen LogP contribution < -0.4 is 5.73 Å². The molecule has 0 aliphatic heterocycles. The Hall–Kier alpha value is -2.27. The number of nitrogens with zero attached hydrogens (tertiary/aromatic N) is 4. The fourth-order valence-electron chi connectivity index (χ4n) is 2.46. The number of benzene rings is 1. The van der Waals surface area contributed by atoms with E-state index in [1.165, 1.54) is 0 Å². The third-order valence-electron chi connectivity index (χ3n) is 3.48. The lowest BCUT2D eigenvalue weighted by molar-refractivity contribution is 0.631. The standard InChI is InChI=1S/C15H17N5/c1-10-7-12(11-5-3-4-6-14(11)19-10)13(16)8-15-17-9-18-20(15)2/h3-7,9,13H,8,16H2,1-2H3. The highest BCUT2D eigenvalue weighted by molar-refractivity contribution is 5.82. The molecular formula is C15H17N5. The molecule has 102 valence electrons. The SMILES string of the molecule is Cc1cc(C(N)Cc2ncnn2C)c2ccccc2n1. The maximum Gasteiger partial charge on any atom is 0.138 e. The summed E-state index contributed by atoms with van der Waals surface area (Å²) in [6, 6.07) is 10.0. The first-order valence-corrected chi connectivity index (χ1v) is 6.60. The van der Waals surface area contributed by atoms with E-state index >= 15 is 0 Å². The van der Waals surface area contributed by atoms with Gasteiger partial charge >= 0.3 is 0 Å². The molecular weight excluding hydrogens is 250 g/mol. The van der Waals surface area contributed by atoms with Crippen LogP contribution in [0.15, 0.2) is 36.7 Å². The molecule has 5 nitrogen and oxygen atoms in total. The molecule has 2 heterocycles. The molecule has 0 bridgehead atoms. The Bertz CT molecular complexity index is 747. The molecule has 3 rings (SSSR count). The zero-order valence-corrected chi connectivity index (χ0v) is 11.6. The molecule has 20 heavy (non-hydrogen) atoms. The predicted octanol–water partition coefficient (Wildman–Crippen LogP) is 1.91. The molecule has 0 aliphatic rings. The van der Waals surface area contributed by atoms with E-state index in [1.807, 2.05) is 32.2 Å².